The summed E-state index contributed by atoms with van der Waals surface area (Å²) in [5, 5.41) is 0. The molecule has 1 rings (SSSR count). The van der Waals surface area contributed by atoms with Crippen molar-refractivity contribution in [2.24, 2.45) is 17.4 Å². The first kappa shape index (κ1) is 9.01. The summed E-state index contributed by atoms with van der Waals surface area (Å²) >= 11 is 0. The van der Waals surface area contributed by atoms with E-state index in [0.717, 1.165) is 18.9 Å². The maximum Gasteiger partial charge on any atom is 0.00791 e. The van der Waals surface area contributed by atoms with Crippen LogP contribution in [0, 0.1) is 5.92 Å². The van der Waals surface area contributed by atoms with Crippen molar-refractivity contribution in [2.75, 3.05) is 6.54 Å². The molecule has 1 fully saturated rings. The van der Waals surface area contributed by atoms with Gasteiger partial charge in [-0.05, 0) is 31.7 Å². The fourth-order valence-electron chi connectivity index (χ4n) is 1.99. The fraction of sp³-hybridized carbons (Fsp3) is 1.00. The molecular formula is C9H20N2. The molecule has 1 saturated carbocycles. The molecule has 1 aliphatic rings. The van der Waals surface area contributed by atoms with Crippen molar-refractivity contribution in [1.82, 2.24) is 0 Å². The Morgan fingerprint density at radius 3 is 2.36 bits per heavy atom. The highest BCUT2D eigenvalue weighted by atomic mass is 14.7. The van der Waals surface area contributed by atoms with Crippen LogP contribution in [0.4, 0.5) is 0 Å². The molecule has 0 heterocycles. The molecule has 0 aliphatic heterocycles. The summed E-state index contributed by atoms with van der Waals surface area (Å²) in [7, 11) is 0. The molecular weight excluding hydrogens is 136 g/mol. The Morgan fingerprint density at radius 2 is 1.82 bits per heavy atom. The van der Waals surface area contributed by atoms with Crippen LogP contribution in [0.1, 0.15) is 38.5 Å². The normalized spacial score (nSPS) is 23.5. The lowest BCUT2D eigenvalue weighted by Gasteiger charge is -2.26. The third-order valence-corrected chi connectivity index (χ3v) is 2.76. The number of hydrogen-bond donors (Lipinski definition) is 2. The molecule has 0 spiro atoms. The molecule has 0 aromatic rings. The van der Waals surface area contributed by atoms with Gasteiger partial charge in [0, 0.05) is 6.04 Å². The van der Waals surface area contributed by atoms with E-state index >= 15 is 0 Å². The summed E-state index contributed by atoms with van der Waals surface area (Å²) in [4.78, 5) is 0. The molecule has 0 aromatic carbocycles. The average molecular weight is 156 g/mol. The highest BCUT2D eigenvalue weighted by molar-refractivity contribution is 4.76. The van der Waals surface area contributed by atoms with Crippen molar-refractivity contribution in [3.63, 3.8) is 0 Å². The van der Waals surface area contributed by atoms with Crippen molar-refractivity contribution in [1.29, 1.82) is 0 Å². The molecule has 66 valence electrons. The van der Waals surface area contributed by atoms with E-state index in [1.54, 1.807) is 0 Å². The molecule has 2 nitrogen and oxygen atoms in total. The fourth-order valence-corrected chi connectivity index (χ4v) is 1.99. The van der Waals surface area contributed by atoms with Crippen LogP contribution in [-0.4, -0.2) is 12.6 Å². The summed E-state index contributed by atoms with van der Waals surface area (Å²) in [6, 6.07) is 0.375. The zero-order valence-corrected chi connectivity index (χ0v) is 7.26. The lowest BCUT2D eigenvalue weighted by atomic mass is 9.83. The highest BCUT2D eigenvalue weighted by Crippen LogP contribution is 2.26. The van der Waals surface area contributed by atoms with Crippen LogP contribution in [0.5, 0.6) is 0 Å². The smallest absolute Gasteiger partial charge is 0.00791 e. The topological polar surface area (TPSA) is 52.0 Å². The van der Waals surface area contributed by atoms with E-state index in [1.165, 1.54) is 32.1 Å². The molecule has 0 radical (unpaired) electrons. The minimum atomic E-state index is 0.375. The molecule has 1 unspecified atom stereocenters. The number of nitrogens with two attached hydrogens (primary N) is 2. The summed E-state index contributed by atoms with van der Waals surface area (Å²) in [6.07, 6.45) is 7.84. The Bertz CT molecular complexity index is 97.7. The van der Waals surface area contributed by atoms with Gasteiger partial charge in [0.2, 0.25) is 0 Å². The molecule has 2 heteroatoms. The van der Waals surface area contributed by atoms with Gasteiger partial charge in [-0.3, -0.25) is 0 Å². The standard InChI is InChI=1S/C9H20N2/c10-7-6-9(11)8-4-2-1-3-5-8/h8-9H,1-7,10-11H2. The van der Waals surface area contributed by atoms with E-state index in [0.29, 0.717) is 6.04 Å². The van der Waals surface area contributed by atoms with Gasteiger partial charge in [-0.1, -0.05) is 19.3 Å². The largest absolute Gasteiger partial charge is 0.330 e. The van der Waals surface area contributed by atoms with Gasteiger partial charge in [-0.15, -0.1) is 0 Å². The lowest BCUT2D eigenvalue weighted by Crippen LogP contribution is -2.33. The van der Waals surface area contributed by atoms with Crippen molar-refractivity contribution in [2.45, 2.75) is 44.6 Å². The van der Waals surface area contributed by atoms with Crippen LogP contribution < -0.4 is 11.5 Å². The molecule has 0 bridgehead atoms. The van der Waals surface area contributed by atoms with Gasteiger partial charge >= 0.3 is 0 Å². The van der Waals surface area contributed by atoms with Gasteiger partial charge in [0.05, 0.1) is 0 Å². The zero-order chi connectivity index (χ0) is 8.10. The first-order valence-corrected chi connectivity index (χ1v) is 4.80. The van der Waals surface area contributed by atoms with Crippen molar-refractivity contribution in [3.05, 3.63) is 0 Å². The predicted octanol–water partition coefficient (Wildman–Crippen LogP) is 1.24. The van der Waals surface area contributed by atoms with Crippen molar-refractivity contribution < 1.29 is 0 Å². The van der Waals surface area contributed by atoms with E-state index in [4.69, 9.17) is 11.5 Å². The van der Waals surface area contributed by atoms with Gasteiger partial charge < -0.3 is 11.5 Å². The molecule has 11 heavy (non-hydrogen) atoms. The van der Waals surface area contributed by atoms with Gasteiger partial charge in [0.1, 0.15) is 0 Å². The zero-order valence-electron chi connectivity index (χ0n) is 7.26. The van der Waals surface area contributed by atoms with Gasteiger partial charge in [0.25, 0.3) is 0 Å². The van der Waals surface area contributed by atoms with E-state index in [2.05, 4.69) is 0 Å². The molecule has 0 amide bonds. The molecule has 1 aliphatic carbocycles. The van der Waals surface area contributed by atoms with Crippen LogP contribution in [0.2, 0.25) is 0 Å². The highest BCUT2D eigenvalue weighted by Gasteiger charge is 2.19. The quantitative estimate of drug-likeness (QED) is 0.646. The van der Waals surface area contributed by atoms with Crippen LogP contribution in [0.25, 0.3) is 0 Å². The Kier molecular flexibility index (Phi) is 3.87. The van der Waals surface area contributed by atoms with Crippen LogP contribution in [0.3, 0.4) is 0 Å². The number of hydrogen-bond acceptors (Lipinski definition) is 2. The summed E-state index contributed by atoms with van der Waals surface area (Å²) in [6.45, 7) is 0.748. The first-order valence-electron chi connectivity index (χ1n) is 4.80. The SMILES string of the molecule is NCCC(N)C1CCCCC1. The molecule has 4 N–H and O–H groups in total. The lowest BCUT2D eigenvalue weighted by molar-refractivity contribution is 0.297. The predicted molar refractivity (Wildman–Crippen MR) is 48.2 cm³/mol. The second kappa shape index (κ2) is 4.73. The van der Waals surface area contributed by atoms with Crippen molar-refractivity contribution >= 4 is 0 Å². The second-order valence-corrected chi connectivity index (χ2v) is 3.64. The van der Waals surface area contributed by atoms with E-state index < -0.39 is 0 Å². The Balaban J connectivity index is 2.21. The maximum atomic E-state index is 5.98. The summed E-state index contributed by atoms with van der Waals surface area (Å²) in [5.74, 6) is 0.771. The van der Waals surface area contributed by atoms with Gasteiger partial charge in [0.15, 0.2) is 0 Å². The van der Waals surface area contributed by atoms with E-state index in [1.807, 2.05) is 0 Å². The summed E-state index contributed by atoms with van der Waals surface area (Å²) in [5.41, 5.74) is 11.4. The Labute approximate surface area is 69.3 Å². The third kappa shape index (κ3) is 2.80. The van der Waals surface area contributed by atoms with Crippen molar-refractivity contribution in [3.8, 4) is 0 Å². The van der Waals surface area contributed by atoms with Gasteiger partial charge in [-0.25, -0.2) is 0 Å². The first-order chi connectivity index (χ1) is 5.34. The minimum absolute atomic E-state index is 0.375. The van der Waals surface area contributed by atoms with Crippen LogP contribution in [-0.2, 0) is 0 Å². The van der Waals surface area contributed by atoms with E-state index in [-0.39, 0.29) is 0 Å². The monoisotopic (exact) mass is 156 g/mol. The third-order valence-electron chi connectivity index (χ3n) is 2.76. The van der Waals surface area contributed by atoms with Gasteiger partial charge in [-0.2, -0.15) is 0 Å². The molecule has 1 atom stereocenters. The average Bonchev–Trinajstić information content (AvgIpc) is 2.07. The van der Waals surface area contributed by atoms with E-state index in [9.17, 15) is 0 Å². The minimum Gasteiger partial charge on any atom is -0.330 e. The second-order valence-electron chi connectivity index (χ2n) is 3.64. The Hall–Kier alpha value is -0.0800. The maximum absolute atomic E-state index is 5.98. The van der Waals surface area contributed by atoms with Crippen LogP contribution in [0.15, 0.2) is 0 Å². The Morgan fingerprint density at radius 1 is 1.18 bits per heavy atom. The molecule has 0 saturated heterocycles. The summed E-state index contributed by atoms with van der Waals surface area (Å²) < 4.78 is 0. The molecule has 0 aromatic heterocycles. The van der Waals surface area contributed by atoms with Crippen LogP contribution >= 0.6 is 0 Å². The number of rotatable bonds is 3.